The van der Waals surface area contributed by atoms with Crippen molar-refractivity contribution in [3.8, 4) is 0 Å². The summed E-state index contributed by atoms with van der Waals surface area (Å²) in [6.45, 7) is 4.03. The molecule has 3 nitrogen and oxygen atoms in total. The summed E-state index contributed by atoms with van der Waals surface area (Å²) in [5.74, 6) is 1.78. The first-order valence-corrected chi connectivity index (χ1v) is 5.67. The van der Waals surface area contributed by atoms with Gasteiger partial charge in [-0.3, -0.25) is 0 Å². The number of hydrogen-bond acceptors (Lipinski definition) is 3. The number of ether oxygens (including phenoxy) is 2. The van der Waals surface area contributed by atoms with Crippen LogP contribution in [0.3, 0.4) is 0 Å². The van der Waals surface area contributed by atoms with Crippen LogP contribution in [0, 0.1) is 17.8 Å². The van der Waals surface area contributed by atoms with Crippen LogP contribution >= 0.6 is 0 Å². The molecule has 2 aliphatic rings. The van der Waals surface area contributed by atoms with Gasteiger partial charge in [-0.05, 0) is 31.1 Å². The number of rotatable bonds is 3. The van der Waals surface area contributed by atoms with Crippen molar-refractivity contribution in [1.82, 2.24) is 0 Å². The molecule has 14 heavy (non-hydrogen) atoms. The first-order chi connectivity index (χ1) is 6.83. The number of hydrogen-bond donors (Lipinski definition) is 1. The number of aliphatic hydroxyl groups is 1. The Morgan fingerprint density at radius 2 is 1.93 bits per heavy atom. The predicted molar refractivity (Wildman–Crippen MR) is 52.8 cm³/mol. The van der Waals surface area contributed by atoms with Crippen LogP contribution in [0.15, 0.2) is 0 Å². The van der Waals surface area contributed by atoms with Gasteiger partial charge in [0.1, 0.15) is 0 Å². The summed E-state index contributed by atoms with van der Waals surface area (Å²) in [5, 5.41) is 8.99. The van der Waals surface area contributed by atoms with E-state index in [-0.39, 0.29) is 6.29 Å². The van der Waals surface area contributed by atoms with Crippen LogP contribution < -0.4 is 0 Å². The van der Waals surface area contributed by atoms with Gasteiger partial charge in [-0.25, -0.2) is 0 Å². The molecule has 0 amide bonds. The van der Waals surface area contributed by atoms with Crippen LogP contribution in [0.2, 0.25) is 0 Å². The summed E-state index contributed by atoms with van der Waals surface area (Å²) in [4.78, 5) is 0. The highest BCUT2D eigenvalue weighted by Gasteiger charge is 2.40. The van der Waals surface area contributed by atoms with Gasteiger partial charge in [-0.1, -0.05) is 6.92 Å². The predicted octanol–water partition coefficient (Wildman–Crippen LogP) is 1.40. The molecule has 0 aromatic rings. The van der Waals surface area contributed by atoms with E-state index in [2.05, 4.69) is 6.92 Å². The quantitative estimate of drug-likeness (QED) is 0.748. The van der Waals surface area contributed by atoms with Crippen LogP contribution in [0.4, 0.5) is 0 Å². The Morgan fingerprint density at radius 1 is 1.21 bits per heavy atom. The van der Waals surface area contributed by atoms with Gasteiger partial charge in [-0.15, -0.1) is 0 Å². The minimum absolute atomic E-state index is 0.00375. The summed E-state index contributed by atoms with van der Waals surface area (Å²) < 4.78 is 11.2. The maximum atomic E-state index is 8.99. The lowest BCUT2D eigenvalue weighted by atomic mass is 9.88. The Morgan fingerprint density at radius 3 is 2.57 bits per heavy atom. The molecule has 2 fully saturated rings. The standard InChI is InChI=1S/C11H20O3/c1-8-2-3-9(4-5-12)10(8)11-13-6-7-14-11/h8-12H,2-7H2,1H3/t8-,9-,10+/m1/s1. The Kier molecular flexibility index (Phi) is 3.42. The zero-order chi connectivity index (χ0) is 9.97. The van der Waals surface area contributed by atoms with Gasteiger partial charge in [0.05, 0.1) is 13.2 Å². The van der Waals surface area contributed by atoms with Crippen molar-refractivity contribution in [2.75, 3.05) is 19.8 Å². The molecular formula is C11H20O3. The van der Waals surface area contributed by atoms with Crippen molar-refractivity contribution in [2.24, 2.45) is 17.8 Å². The van der Waals surface area contributed by atoms with Crippen LogP contribution in [0.1, 0.15) is 26.2 Å². The van der Waals surface area contributed by atoms with Gasteiger partial charge < -0.3 is 14.6 Å². The van der Waals surface area contributed by atoms with Crippen molar-refractivity contribution in [2.45, 2.75) is 32.5 Å². The van der Waals surface area contributed by atoms with Crippen molar-refractivity contribution in [3.63, 3.8) is 0 Å². The highest BCUT2D eigenvalue weighted by Crippen LogP contribution is 2.42. The lowest BCUT2D eigenvalue weighted by Crippen LogP contribution is -2.29. The van der Waals surface area contributed by atoms with Crippen molar-refractivity contribution in [3.05, 3.63) is 0 Å². The normalized spacial score (nSPS) is 39.4. The lowest BCUT2D eigenvalue weighted by Gasteiger charge is -2.26. The molecule has 1 saturated carbocycles. The lowest BCUT2D eigenvalue weighted by molar-refractivity contribution is -0.105. The summed E-state index contributed by atoms with van der Waals surface area (Å²) in [7, 11) is 0. The molecule has 0 aromatic heterocycles. The number of aliphatic hydroxyl groups excluding tert-OH is 1. The van der Waals surface area contributed by atoms with Crippen molar-refractivity contribution >= 4 is 0 Å². The van der Waals surface area contributed by atoms with E-state index >= 15 is 0 Å². The summed E-state index contributed by atoms with van der Waals surface area (Å²) in [5.41, 5.74) is 0. The molecule has 0 bridgehead atoms. The van der Waals surface area contributed by atoms with Gasteiger partial charge in [0.2, 0.25) is 0 Å². The second-order valence-corrected chi connectivity index (χ2v) is 4.51. The first kappa shape index (κ1) is 10.4. The molecule has 0 radical (unpaired) electrons. The second kappa shape index (κ2) is 4.60. The largest absolute Gasteiger partial charge is 0.396 e. The van der Waals surface area contributed by atoms with Gasteiger partial charge in [0.15, 0.2) is 6.29 Å². The minimum Gasteiger partial charge on any atom is -0.396 e. The minimum atomic E-state index is 0.00375. The van der Waals surface area contributed by atoms with Gasteiger partial charge in [0.25, 0.3) is 0 Å². The summed E-state index contributed by atoms with van der Waals surface area (Å²) in [6, 6.07) is 0. The molecule has 3 atom stereocenters. The molecule has 0 spiro atoms. The molecule has 3 heteroatoms. The van der Waals surface area contributed by atoms with Gasteiger partial charge >= 0.3 is 0 Å². The smallest absolute Gasteiger partial charge is 0.161 e. The second-order valence-electron chi connectivity index (χ2n) is 4.51. The Bertz CT molecular complexity index is 175. The fraction of sp³-hybridized carbons (Fsp3) is 1.00. The highest BCUT2D eigenvalue weighted by molar-refractivity contribution is 4.85. The summed E-state index contributed by atoms with van der Waals surface area (Å²) in [6.07, 6.45) is 3.37. The molecule has 82 valence electrons. The fourth-order valence-corrected chi connectivity index (χ4v) is 2.92. The topological polar surface area (TPSA) is 38.7 Å². The summed E-state index contributed by atoms with van der Waals surface area (Å²) >= 11 is 0. The zero-order valence-electron chi connectivity index (χ0n) is 8.82. The molecular weight excluding hydrogens is 180 g/mol. The molecule has 1 N–H and O–H groups in total. The van der Waals surface area contributed by atoms with Crippen molar-refractivity contribution < 1.29 is 14.6 Å². The van der Waals surface area contributed by atoms with Crippen LogP contribution in [0.25, 0.3) is 0 Å². The average Bonchev–Trinajstić information content (AvgIpc) is 2.76. The van der Waals surface area contributed by atoms with Gasteiger partial charge in [-0.2, -0.15) is 0 Å². The van der Waals surface area contributed by atoms with Crippen LogP contribution in [0.5, 0.6) is 0 Å². The van der Waals surface area contributed by atoms with E-state index < -0.39 is 0 Å². The third-order valence-electron chi connectivity index (χ3n) is 3.66. The molecule has 1 aliphatic carbocycles. The molecule has 1 aliphatic heterocycles. The van der Waals surface area contributed by atoms with E-state index in [4.69, 9.17) is 14.6 Å². The maximum absolute atomic E-state index is 8.99. The maximum Gasteiger partial charge on any atom is 0.161 e. The van der Waals surface area contributed by atoms with E-state index in [0.29, 0.717) is 24.4 Å². The van der Waals surface area contributed by atoms with Crippen LogP contribution in [-0.2, 0) is 9.47 Å². The van der Waals surface area contributed by atoms with Gasteiger partial charge in [0, 0.05) is 12.5 Å². The molecule has 1 heterocycles. The average molecular weight is 200 g/mol. The first-order valence-electron chi connectivity index (χ1n) is 5.67. The van der Waals surface area contributed by atoms with E-state index in [0.717, 1.165) is 19.6 Å². The highest BCUT2D eigenvalue weighted by atomic mass is 16.7. The SMILES string of the molecule is C[C@@H]1CC[C@H](CCO)[C@H]1C1OCCO1. The molecule has 1 saturated heterocycles. The van der Waals surface area contributed by atoms with Crippen LogP contribution in [-0.4, -0.2) is 31.2 Å². The molecule has 0 unspecified atom stereocenters. The van der Waals surface area contributed by atoms with Crippen molar-refractivity contribution in [1.29, 1.82) is 0 Å². The third-order valence-corrected chi connectivity index (χ3v) is 3.66. The van der Waals surface area contributed by atoms with E-state index in [1.54, 1.807) is 0 Å². The zero-order valence-corrected chi connectivity index (χ0v) is 8.82. The van der Waals surface area contributed by atoms with E-state index in [1.807, 2.05) is 0 Å². The van der Waals surface area contributed by atoms with E-state index in [9.17, 15) is 0 Å². The third kappa shape index (κ3) is 1.95. The Labute approximate surface area is 85.4 Å². The molecule has 0 aromatic carbocycles. The molecule has 2 rings (SSSR count). The van der Waals surface area contributed by atoms with E-state index in [1.165, 1.54) is 12.8 Å². The Balaban J connectivity index is 1.97. The Hall–Kier alpha value is -0.120. The monoisotopic (exact) mass is 200 g/mol. The fourth-order valence-electron chi connectivity index (χ4n) is 2.92.